The Hall–Kier alpha value is -0.330. The summed E-state index contributed by atoms with van der Waals surface area (Å²) in [4.78, 5) is 43.4. The summed E-state index contributed by atoms with van der Waals surface area (Å²) in [6.07, 6.45) is -4.71. The first-order chi connectivity index (χ1) is 9.69. The number of rotatable bonds is 4. The van der Waals surface area contributed by atoms with Crippen LogP contribution in [0.3, 0.4) is 0 Å². The summed E-state index contributed by atoms with van der Waals surface area (Å²) >= 11 is 0. The Morgan fingerprint density at radius 2 is 2.05 bits per heavy atom. The minimum Gasteiger partial charge on any atom is -0.756 e. The van der Waals surface area contributed by atoms with Crippen LogP contribution in [0.25, 0.3) is 0 Å². The maximum absolute atomic E-state index is 11.6. The number of aliphatic hydroxyl groups excluding tert-OH is 2. The first kappa shape index (κ1) is 19.7. The predicted molar refractivity (Wildman–Crippen MR) is 63.0 cm³/mol. The standard InChI is InChI=1S/C9H13N2O9P.Na/c12-5-1-2-11(9(15)10-5)8-7(14)6(13)4(20-8)3-19-21(16,17)18;/h1-2,4,6-8,13-14H,3H2,(H,10,12,15)(H2,16,17,18);/q;+1/p-1. The van der Waals surface area contributed by atoms with Gasteiger partial charge in [-0.2, -0.15) is 0 Å². The van der Waals surface area contributed by atoms with Crippen LogP contribution in [0.5, 0.6) is 0 Å². The van der Waals surface area contributed by atoms with Gasteiger partial charge in [0.05, 0.1) is 6.61 Å². The van der Waals surface area contributed by atoms with Crippen molar-refractivity contribution < 1.29 is 63.4 Å². The molecule has 1 aromatic heterocycles. The zero-order valence-electron chi connectivity index (χ0n) is 11.4. The molecule has 0 radical (unpaired) electrons. The quantitative estimate of drug-likeness (QED) is 0.305. The van der Waals surface area contributed by atoms with Crippen LogP contribution in [-0.4, -0.2) is 49.6 Å². The Balaban J connectivity index is 0.00000242. The smallest absolute Gasteiger partial charge is 0.756 e. The van der Waals surface area contributed by atoms with E-state index >= 15 is 0 Å². The molecular formula is C9H12N2NaO9P. The average Bonchev–Trinajstić information content (AvgIpc) is 2.64. The van der Waals surface area contributed by atoms with Gasteiger partial charge in [-0.3, -0.25) is 18.9 Å². The molecule has 22 heavy (non-hydrogen) atoms. The SMILES string of the molecule is O=c1ccn(C2OC(COP(=O)([O-])O)C(O)C2O)c(=O)[nH]1.[Na+]. The maximum atomic E-state index is 11.6. The van der Waals surface area contributed by atoms with Crippen LogP contribution in [0, 0.1) is 0 Å². The van der Waals surface area contributed by atoms with Crippen molar-refractivity contribution in [2.24, 2.45) is 0 Å². The van der Waals surface area contributed by atoms with Crippen molar-refractivity contribution in [3.05, 3.63) is 33.1 Å². The molecule has 1 aliphatic rings. The van der Waals surface area contributed by atoms with Gasteiger partial charge in [-0.05, 0) is 0 Å². The number of aromatic nitrogens is 2. The van der Waals surface area contributed by atoms with Gasteiger partial charge in [0.25, 0.3) is 13.4 Å². The summed E-state index contributed by atoms with van der Waals surface area (Å²) in [7, 11) is -5.01. The van der Waals surface area contributed by atoms with E-state index < -0.39 is 50.2 Å². The molecule has 0 spiro atoms. The molecule has 2 heterocycles. The molecule has 0 aliphatic carbocycles. The van der Waals surface area contributed by atoms with Crippen molar-refractivity contribution in [3.8, 4) is 0 Å². The molecule has 0 aromatic carbocycles. The molecular weight excluding hydrogens is 334 g/mol. The van der Waals surface area contributed by atoms with Gasteiger partial charge in [0.15, 0.2) is 6.23 Å². The van der Waals surface area contributed by atoms with E-state index in [2.05, 4.69) is 4.52 Å². The fourth-order valence-electron chi connectivity index (χ4n) is 1.89. The van der Waals surface area contributed by atoms with Crippen LogP contribution < -0.4 is 45.7 Å². The summed E-state index contributed by atoms with van der Waals surface area (Å²) in [5.41, 5.74) is -1.53. The number of nitrogens with zero attached hydrogens (tertiary/aromatic N) is 1. The van der Waals surface area contributed by atoms with E-state index in [1.54, 1.807) is 0 Å². The number of aromatic amines is 1. The fourth-order valence-corrected chi connectivity index (χ4v) is 2.23. The molecule has 1 aromatic rings. The second-order valence-corrected chi connectivity index (χ2v) is 5.52. The van der Waals surface area contributed by atoms with Crippen molar-refractivity contribution in [3.63, 3.8) is 0 Å². The van der Waals surface area contributed by atoms with Crippen LogP contribution in [0.1, 0.15) is 6.23 Å². The van der Waals surface area contributed by atoms with Crippen LogP contribution in [0.2, 0.25) is 0 Å². The number of aliphatic hydroxyl groups is 2. The number of phosphoric acid groups is 1. The Morgan fingerprint density at radius 1 is 1.41 bits per heavy atom. The Kier molecular flexibility index (Phi) is 6.72. The van der Waals surface area contributed by atoms with Gasteiger partial charge in [-0.1, -0.05) is 0 Å². The summed E-state index contributed by atoms with van der Waals surface area (Å²) in [6, 6.07) is 1.01. The van der Waals surface area contributed by atoms with E-state index in [1.807, 2.05) is 4.98 Å². The molecule has 5 unspecified atom stereocenters. The third-order valence-electron chi connectivity index (χ3n) is 2.86. The van der Waals surface area contributed by atoms with E-state index in [1.165, 1.54) is 0 Å². The minimum atomic E-state index is -5.01. The van der Waals surface area contributed by atoms with Gasteiger partial charge in [0, 0.05) is 12.3 Å². The number of ether oxygens (including phenoxy) is 1. The molecule has 1 fully saturated rings. The van der Waals surface area contributed by atoms with Crippen LogP contribution in [0.4, 0.5) is 0 Å². The normalized spacial score (nSPS) is 30.5. The van der Waals surface area contributed by atoms with E-state index in [4.69, 9.17) is 9.63 Å². The fraction of sp³-hybridized carbons (Fsp3) is 0.556. The Morgan fingerprint density at radius 3 is 2.59 bits per heavy atom. The molecule has 0 bridgehead atoms. The first-order valence-electron chi connectivity index (χ1n) is 5.70. The largest absolute Gasteiger partial charge is 1.00 e. The summed E-state index contributed by atoms with van der Waals surface area (Å²) in [5.74, 6) is 0. The van der Waals surface area contributed by atoms with Crippen LogP contribution >= 0.6 is 7.82 Å². The number of nitrogens with one attached hydrogen (secondary N) is 1. The third kappa shape index (κ3) is 4.59. The van der Waals surface area contributed by atoms with Crippen molar-refractivity contribution in [2.45, 2.75) is 24.5 Å². The number of H-pyrrole nitrogens is 1. The van der Waals surface area contributed by atoms with Crippen molar-refractivity contribution in [1.29, 1.82) is 0 Å². The van der Waals surface area contributed by atoms with Gasteiger partial charge >= 0.3 is 35.2 Å². The van der Waals surface area contributed by atoms with E-state index in [0.29, 0.717) is 0 Å². The van der Waals surface area contributed by atoms with Crippen LogP contribution in [0.15, 0.2) is 21.9 Å². The van der Waals surface area contributed by atoms with Crippen molar-refractivity contribution in [2.75, 3.05) is 6.61 Å². The average molecular weight is 346 g/mol. The Labute approximate surface area is 145 Å². The van der Waals surface area contributed by atoms with Gasteiger partial charge < -0.3 is 29.3 Å². The van der Waals surface area contributed by atoms with Gasteiger partial charge in [-0.25, -0.2) is 4.79 Å². The van der Waals surface area contributed by atoms with Crippen LogP contribution in [-0.2, 0) is 13.8 Å². The molecule has 2 rings (SSSR count). The molecule has 1 aliphatic heterocycles. The molecule has 118 valence electrons. The zero-order valence-corrected chi connectivity index (χ0v) is 14.3. The topological polar surface area (TPSA) is 174 Å². The second kappa shape index (κ2) is 7.49. The molecule has 11 nitrogen and oxygen atoms in total. The van der Waals surface area contributed by atoms with Crippen molar-refractivity contribution in [1.82, 2.24) is 9.55 Å². The monoisotopic (exact) mass is 346 g/mol. The summed E-state index contributed by atoms with van der Waals surface area (Å²) < 4.78 is 20.5. The second-order valence-electron chi connectivity index (χ2n) is 4.33. The molecule has 0 saturated carbocycles. The molecule has 4 N–H and O–H groups in total. The summed E-state index contributed by atoms with van der Waals surface area (Å²) in [5, 5.41) is 19.5. The molecule has 0 amide bonds. The molecule has 1 saturated heterocycles. The minimum absolute atomic E-state index is 0. The number of hydrogen-bond donors (Lipinski definition) is 4. The predicted octanol–water partition coefficient (Wildman–Crippen LogP) is -6.36. The van der Waals surface area contributed by atoms with E-state index in [0.717, 1.165) is 16.8 Å². The number of phosphoric ester groups is 1. The van der Waals surface area contributed by atoms with E-state index in [9.17, 15) is 29.3 Å². The Bertz CT molecular complexity index is 670. The first-order valence-corrected chi connectivity index (χ1v) is 7.20. The molecule has 5 atom stereocenters. The maximum Gasteiger partial charge on any atom is 1.00 e. The van der Waals surface area contributed by atoms with Gasteiger partial charge in [0.1, 0.15) is 18.3 Å². The summed E-state index contributed by atoms with van der Waals surface area (Å²) in [6.45, 7) is -0.746. The van der Waals surface area contributed by atoms with Gasteiger partial charge in [0.2, 0.25) is 0 Å². The number of hydrogen-bond acceptors (Lipinski definition) is 8. The molecule has 13 heteroatoms. The third-order valence-corrected chi connectivity index (χ3v) is 3.34. The van der Waals surface area contributed by atoms with Gasteiger partial charge in [-0.15, -0.1) is 0 Å². The van der Waals surface area contributed by atoms with E-state index in [-0.39, 0.29) is 29.6 Å². The zero-order chi connectivity index (χ0) is 15.8. The van der Waals surface area contributed by atoms with Crippen molar-refractivity contribution >= 4 is 7.82 Å².